The number of ether oxygens (including phenoxy) is 1. The summed E-state index contributed by atoms with van der Waals surface area (Å²) in [6.07, 6.45) is 11.6. The number of benzene rings is 3. The van der Waals surface area contributed by atoms with Crippen LogP contribution in [0.1, 0.15) is 148 Å². The predicted molar refractivity (Wildman–Crippen MR) is 391 cm³/mol. The number of thiazole rings is 1. The Morgan fingerprint density at radius 2 is 1.55 bits per heavy atom. The normalized spacial score (nSPS) is 20.9. The number of carbonyl (C=O) groups is 9. The van der Waals surface area contributed by atoms with Crippen LogP contribution in [0.4, 0.5) is 26.2 Å². The molecule has 0 radical (unpaired) electrons. The van der Waals surface area contributed by atoms with Crippen molar-refractivity contribution in [2.75, 3.05) is 59.8 Å². The maximum absolute atomic E-state index is 14.0. The molecule has 2 unspecified atom stereocenters. The van der Waals surface area contributed by atoms with Gasteiger partial charge < -0.3 is 46.6 Å². The number of hydrogen-bond donors (Lipinski definition) is 8. The second-order valence-electron chi connectivity index (χ2n) is 29.2. The molecule has 6 aliphatic rings. The van der Waals surface area contributed by atoms with E-state index in [9.17, 15) is 61.2 Å². The number of anilines is 3. The van der Waals surface area contributed by atoms with Gasteiger partial charge in [0.15, 0.2) is 10.8 Å². The van der Waals surface area contributed by atoms with E-state index in [4.69, 9.17) is 20.6 Å². The van der Waals surface area contributed by atoms with Crippen molar-refractivity contribution >= 4 is 114 Å². The van der Waals surface area contributed by atoms with Gasteiger partial charge in [-0.1, -0.05) is 81.9 Å². The molecule has 4 fully saturated rings. The molecule has 4 bridgehead atoms. The maximum Gasteiger partial charge on any atom is 0.410 e. The van der Waals surface area contributed by atoms with Gasteiger partial charge in [0.25, 0.3) is 27.8 Å². The minimum Gasteiger partial charge on any atom is -0.476 e. The number of aromatic carboxylic acids is 1. The first-order valence-electron chi connectivity index (χ1n) is 34.8. The molecule has 30 heteroatoms. The van der Waals surface area contributed by atoms with Gasteiger partial charge in [0, 0.05) is 103 Å². The summed E-state index contributed by atoms with van der Waals surface area (Å²) in [6.45, 7) is 11.6. The predicted octanol–water partition coefficient (Wildman–Crippen LogP) is 9.25. The number of carboxylic acids is 1. The topological polar surface area (TPSA) is 377 Å². The van der Waals surface area contributed by atoms with Gasteiger partial charge in [0.1, 0.15) is 24.5 Å². The molecule has 9 N–H and O–H groups in total. The van der Waals surface area contributed by atoms with E-state index in [-0.39, 0.29) is 102 Å². The summed E-state index contributed by atoms with van der Waals surface area (Å²) >= 11 is 3.18. The number of imide groups is 1. The monoisotopic (exact) mass is 1470 g/mol. The molecule has 3 aromatic carbocycles. The number of pyridine rings is 1. The highest BCUT2D eigenvalue weighted by Crippen LogP contribution is 2.74. The molecule has 4 atom stereocenters. The average molecular weight is 1470 g/mol. The summed E-state index contributed by atoms with van der Waals surface area (Å²) in [7, 11) is -4.48. The van der Waals surface area contributed by atoms with Crippen molar-refractivity contribution in [1.82, 2.24) is 45.5 Å². The van der Waals surface area contributed by atoms with Crippen molar-refractivity contribution in [3.05, 3.63) is 131 Å². The largest absolute Gasteiger partial charge is 0.476 e. The van der Waals surface area contributed by atoms with E-state index in [1.54, 1.807) is 68.2 Å². The first-order valence-corrected chi connectivity index (χ1v) is 38.2. The number of hydrogen-bond acceptors (Lipinski definition) is 18. The van der Waals surface area contributed by atoms with Crippen molar-refractivity contribution in [2.45, 2.75) is 155 Å². The highest BCUT2D eigenvalue weighted by molar-refractivity contribution is 8.00. The molecular weight excluding hydrogens is 1380 g/mol. The van der Waals surface area contributed by atoms with Gasteiger partial charge in [-0.05, 0) is 159 Å². The van der Waals surface area contributed by atoms with E-state index in [1.807, 2.05) is 59.0 Å². The van der Waals surface area contributed by atoms with E-state index < -0.39 is 63.8 Å². The minimum atomic E-state index is -4.48. The third-order valence-corrected chi connectivity index (χ3v) is 23.3. The zero-order valence-electron chi connectivity index (χ0n) is 58.5. The van der Waals surface area contributed by atoms with Crippen LogP contribution in [0.3, 0.4) is 0 Å². The Hall–Kier alpha value is -9.26. The fourth-order valence-electron chi connectivity index (χ4n) is 16.7. The number of nitrogens with one attached hydrogen (secondary N) is 5. The lowest BCUT2D eigenvalue weighted by atomic mass is 9.40. The van der Waals surface area contributed by atoms with Gasteiger partial charge in [0.2, 0.25) is 17.7 Å². The van der Waals surface area contributed by atoms with Crippen LogP contribution >= 0.6 is 23.1 Å². The van der Waals surface area contributed by atoms with Gasteiger partial charge in [-0.2, -0.15) is 25.3 Å². The number of urea groups is 1. The standard InChI is InChI=1S/C73H89N13O14S3/c1-45(2)61(81-58(87)18-7-6-10-29-85-59(88)25-26-60(85)89)65(92)78-55(16-12-28-75-67(74)95)64(91)77-49-21-19-47(20-22-49)37-100-69(96)83(32-34-103(97,98)99)31-33-101-73-41-70(4)38-71(5,42-73)40-72(39-70,43-73)44-86-46(3)52(35-76-86)50-23-24-57(80-62(50)66(93)94)84-30-27-48-13-11-14-51(53(48)36-84)63(90)82-68-79-54-15-8-9-17-56(54)102-68/h8-9,11,13-15,17,19-26,35,45,55,61H,6-7,10,12,16,18,27-34,36-44H2,1-5H3,(H,77,91)(H,78,92)(H,81,87)(H,93,94)(H3,74,75,95)(H,79,82,90)(H,97,98,99)/t55-,61-,70?,71?,72?,73?/m0/s1. The number of nitrogens with two attached hydrogens (primary N) is 1. The van der Waals surface area contributed by atoms with Gasteiger partial charge in [0.05, 0.1) is 22.2 Å². The molecule has 6 aromatic rings. The lowest BCUT2D eigenvalue weighted by Gasteiger charge is -2.69. The summed E-state index contributed by atoms with van der Waals surface area (Å²) in [4.78, 5) is 131. The molecule has 548 valence electrons. The van der Waals surface area contributed by atoms with Gasteiger partial charge in [-0.15, -0.1) is 0 Å². The number of amides is 9. The quantitative estimate of drug-likeness (QED) is 0.0111. The van der Waals surface area contributed by atoms with E-state index in [0.717, 1.165) is 70.5 Å². The highest BCUT2D eigenvalue weighted by atomic mass is 32.2. The molecule has 5 heterocycles. The zero-order chi connectivity index (χ0) is 73.6. The van der Waals surface area contributed by atoms with E-state index >= 15 is 0 Å². The number of para-hydroxylation sites is 1. The van der Waals surface area contributed by atoms with Crippen molar-refractivity contribution in [3.8, 4) is 11.1 Å². The summed E-state index contributed by atoms with van der Waals surface area (Å²) in [6, 6.07) is 20.5. The number of fused-ring (bicyclic) bond motifs is 2. The molecule has 4 aliphatic carbocycles. The van der Waals surface area contributed by atoms with E-state index in [0.29, 0.717) is 90.0 Å². The van der Waals surface area contributed by atoms with Gasteiger partial charge in [-0.25, -0.2) is 24.4 Å². The summed E-state index contributed by atoms with van der Waals surface area (Å²) in [5, 5.41) is 30.0. The van der Waals surface area contributed by atoms with Crippen molar-refractivity contribution in [3.63, 3.8) is 0 Å². The van der Waals surface area contributed by atoms with Gasteiger partial charge in [-0.3, -0.25) is 48.2 Å². The third-order valence-electron chi connectivity index (χ3n) is 20.3. The third kappa shape index (κ3) is 18.4. The Kier molecular flexibility index (Phi) is 22.8. The van der Waals surface area contributed by atoms with Crippen molar-refractivity contribution in [2.24, 2.45) is 27.9 Å². The lowest BCUT2D eigenvalue weighted by Crippen LogP contribution is -2.62. The molecule has 4 saturated carbocycles. The number of thioether (sulfide) groups is 1. The van der Waals surface area contributed by atoms with Crippen LogP contribution in [0.2, 0.25) is 0 Å². The Morgan fingerprint density at radius 3 is 2.25 bits per heavy atom. The maximum atomic E-state index is 14.0. The first kappa shape index (κ1) is 74.9. The molecule has 0 spiro atoms. The SMILES string of the molecule is Cc1c(-c2ccc(N3CCc4cccc(C(=O)Nc5nc6ccccc6s5)c4C3)nc2C(=O)O)cnn1CC12CC3(C)CC(C)(C1)CC(SCCN(CCS(=O)(=O)O)C(=O)OCc1ccc(NC(=O)[C@H](CCCNC(N)=O)NC(=O)[C@@H](NC(=O)CCCCCN4C(=O)C=CC4=O)C(C)C)cc1)(C3)C2. The van der Waals surface area contributed by atoms with E-state index in [2.05, 4.69) is 45.4 Å². The first-order chi connectivity index (χ1) is 49.0. The average Bonchev–Trinajstić information content (AvgIpc) is 0.895. The number of primary amides is 1. The second-order valence-corrected chi connectivity index (χ2v) is 33.4. The number of rotatable bonds is 32. The van der Waals surface area contributed by atoms with Crippen LogP contribution in [0.5, 0.6) is 0 Å². The Morgan fingerprint density at radius 1 is 0.816 bits per heavy atom. The summed E-state index contributed by atoms with van der Waals surface area (Å²) in [5.41, 5.74) is 10.9. The molecule has 12 rings (SSSR count). The number of aromatic nitrogens is 4. The highest BCUT2D eigenvalue weighted by Gasteiger charge is 2.65. The molecule has 103 heavy (non-hydrogen) atoms. The Labute approximate surface area is 606 Å². The van der Waals surface area contributed by atoms with Crippen molar-refractivity contribution in [1.29, 1.82) is 0 Å². The fraction of sp³-hybridized carbons (Fsp3) is 0.479. The van der Waals surface area contributed by atoms with E-state index in [1.165, 1.54) is 28.4 Å². The fourth-order valence-corrected chi connectivity index (χ4v) is 20.0. The lowest BCUT2D eigenvalue weighted by molar-refractivity contribution is -0.139. The van der Waals surface area contributed by atoms with Gasteiger partial charge >= 0.3 is 18.1 Å². The second kappa shape index (κ2) is 31.4. The minimum absolute atomic E-state index is 0.0143. The zero-order valence-corrected chi connectivity index (χ0v) is 60.9. The number of carbonyl (C=O) groups excluding carboxylic acids is 8. The number of nitrogens with zero attached hydrogens (tertiary/aromatic N) is 7. The molecule has 2 aliphatic heterocycles. The van der Waals surface area contributed by atoms with Crippen molar-refractivity contribution < 1.29 is 66.0 Å². The number of unbranched alkanes of at least 4 members (excludes halogenated alkanes) is 2. The van der Waals surface area contributed by atoms with Crippen LogP contribution in [0.15, 0.2) is 97.2 Å². The molecule has 9 amide bonds. The van der Waals surface area contributed by atoms with Crippen LogP contribution in [-0.2, 0) is 64.9 Å². The van der Waals surface area contributed by atoms with Crippen LogP contribution in [0, 0.1) is 29.1 Å². The van der Waals surface area contributed by atoms with Crippen LogP contribution < -0.4 is 37.2 Å². The summed E-state index contributed by atoms with van der Waals surface area (Å²) < 4.78 is 42.7. The Bertz CT molecular complexity index is 4340. The van der Waals surface area contributed by atoms with Crippen LogP contribution in [-0.4, -0.2) is 162 Å². The summed E-state index contributed by atoms with van der Waals surface area (Å²) in [5.74, 6) is -3.97. The molecular formula is C73H89N13O14S3. The molecule has 27 nitrogen and oxygen atoms in total. The Balaban J connectivity index is 0.698. The number of carboxylic acid groups (broad SMARTS) is 1. The molecule has 0 saturated heterocycles. The smallest absolute Gasteiger partial charge is 0.410 e. The molecule has 3 aromatic heterocycles. The van der Waals surface area contributed by atoms with Crippen LogP contribution in [0.25, 0.3) is 21.3 Å².